The zero-order valence-corrected chi connectivity index (χ0v) is 16.2. The van der Waals surface area contributed by atoms with Crippen LogP contribution in [-0.4, -0.2) is 25.7 Å². The first-order chi connectivity index (χ1) is 13.0. The van der Waals surface area contributed by atoms with Crippen molar-refractivity contribution in [2.24, 2.45) is 0 Å². The average molecular weight is 377 g/mol. The van der Waals surface area contributed by atoms with Gasteiger partial charge in [0.1, 0.15) is 0 Å². The van der Waals surface area contributed by atoms with Gasteiger partial charge in [0, 0.05) is 5.56 Å². The highest BCUT2D eigenvalue weighted by Crippen LogP contribution is 2.21. The third-order valence-electron chi connectivity index (χ3n) is 4.61. The Bertz CT molecular complexity index is 1140. The highest BCUT2D eigenvalue weighted by atomic mass is 32.1. The van der Waals surface area contributed by atoms with Crippen LogP contribution in [0.3, 0.4) is 0 Å². The highest BCUT2D eigenvalue weighted by Gasteiger charge is 2.13. The summed E-state index contributed by atoms with van der Waals surface area (Å²) in [5.74, 6) is 0.489. The Labute approximate surface area is 160 Å². The van der Waals surface area contributed by atoms with E-state index in [1.54, 1.807) is 4.52 Å². The molecule has 3 aromatic heterocycles. The summed E-state index contributed by atoms with van der Waals surface area (Å²) >= 11 is 1.43. The lowest BCUT2D eigenvalue weighted by atomic mass is 10.0. The number of carbonyl (C=O) groups excluding carboxylic acids is 1. The number of benzene rings is 1. The summed E-state index contributed by atoms with van der Waals surface area (Å²) in [5.41, 5.74) is 5.97. The number of rotatable bonds is 4. The number of aryl methyl sites for hydroxylation is 3. The van der Waals surface area contributed by atoms with Crippen molar-refractivity contribution < 1.29 is 4.79 Å². The van der Waals surface area contributed by atoms with Crippen LogP contribution in [0.25, 0.3) is 16.9 Å². The molecule has 0 atom stereocenters. The van der Waals surface area contributed by atoms with E-state index in [-0.39, 0.29) is 12.5 Å². The first-order valence-electron chi connectivity index (χ1n) is 8.64. The van der Waals surface area contributed by atoms with E-state index in [9.17, 15) is 4.79 Å². The number of aromatic nitrogens is 4. The van der Waals surface area contributed by atoms with Crippen molar-refractivity contribution in [3.05, 3.63) is 69.2 Å². The molecule has 7 heteroatoms. The number of fused-ring (bicyclic) bond motifs is 1. The molecule has 0 bridgehead atoms. The topological polar surface area (TPSA) is 72.2 Å². The average Bonchev–Trinajstić information content (AvgIpc) is 3.27. The molecule has 0 aliphatic carbocycles. The summed E-state index contributed by atoms with van der Waals surface area (Å²) in [4.78, 5) is 13.1. The molecule has 1 N–H and O–H groups in total. The molecule has 4 aromatic rings. The standard InChI is InChI=1S/C20H19N5OS/c1-12-4-5-15(10-14(12)3)16-6-7-17-22-23-18(25(17)24-16)11-21-20(26)19-13(2)8-9-27-19/h4-10H,11H2,1-3H3,(H,21,26). The van der Waals surface area contributed by atoms with Crippen LogP contribution in [0.5, 0.6) is 0 Å². The molecule has 1 aromatic carbocycles. The van der Waals surface area contributed by atoms with Crippen LogP contribution in [0.15, 0.2) is 41.8 Å². The number of thiophene rings is 1. The summed E-state index contributed by atoms with van der Waals surface area (Å²) < 4.78 is 1.69. The number of hydrogen-bond acceptors (Lipinski definition) is 5. The molecule has 0 saturated heterocycles. The number of nitrogens with zero attached hydrogens (tertiary/aromatic N) is 4. The van der Waals surface area contributed by atoms with E-state index < -0.39 is 0 Å². The molecule has 136 valence electrons. The molecule has 6 nitrogen and oxygen atoms in total. The molecule has 1 amide bonds. The SMILES string of the molecule is Cc1ccc(-c2ccc3nnc(CNC(=O)c4sccc4C)n3n2)cc1C. The lowest BCUT2D eigenvalue weighted by Crippen LogP contribution is -2.24. The summed E-state index contributed by atoms with van der Waals surface area (Å²) in [6, 6.07) is 12.0. The molecule has 0 radical (unpaired) electrons. The van der Waals surface area contributed by atoms with Gasteiger partial charge in [-0.05, 0) is 67.1 Å². The van der Waals surface area contributed by atoms with Crippen LogP contribution in [0, 0.1) is 20.8 Å². The molecule has 27 heavy (non-hydrogen) atoms. The van der Waals surface area contributed by atoms with Gasteiger partial charge in [-0.25, -0.2) is 0 Å². The second-order valence-electron chi connectivity index (χ2n) is 6.52. The van der Waals surface area contributed by atoms with E-state index in [0.717, 1.165) is 16.8 Å². The van der Waals surface area contributed by atoms with Crippen molar-refractivity contribution in [1.29, 1.82) is 0 Å². The van der Waals surface area contributed by atoms with E-state index in [2.05, 4.69) is 52.7 Å². The fraction of sp³-hybridized carbons (Fsp3) is 0.200. The van der Waals surface area contributed by atoms with Gasteiger partial charge < -0.3 is 5.32 Å². The van der Waals surface area contributed by atoms with E-state index in [1.807, 2.05) is 30.5 Å². The number of nitrogens with one attached hydrogen (secondary N) is 1. The van der Waals surface area contributed by atoms with Gasteiger partial charge in [-0.2, -0.15) is 9.61 Å². The molecule has 0 spiro atoms. The van der Waals surface area contributed by atoms with Crippen LogP contribution in [0.2, 0.25) is 0 Å². The second-order valence-corrected chi connectivity index (χ2v) is 7.44. The third-order valence-corrected chi connectivity index (χ3v) is 5.62. The van der Waals surface area contributed by atoms with Gasteiger partial charge in [-0.3, -0.25) is 4.79 Å². The Morgan fingerprint density at radius 3 is 2.63 bits per heavy atom. The Morgan fingerprint density at radius 1 is 1.04 bits per heavy atom. The molecule has 0 aliphatic heterocycles. The van der Waals surface area contributed by atoms with E-state index in [1.165, 1.54) is 22.5 Å². The largest absolute Gasteiger partial charge is 0.344 e. The van der Waals surface area contributed by atoms with Crippen molar-refractivity contribution in [3.63, 3.8) is 0 Å². The maximum Gasteiger partial charge on any atom is 0.261 e. The summed E-state index contributed by atoms with van der Waals surface area (Å²) in [6.45, 7) is 6.37. The van der Waals surface area contributed by atoms with Crippen molar-refractivity contribution in [1.82, 2.24) is 25.1 Å². The molecule has 0 fully saturated rings. The minimum Gasteiger partial charge on any atom is -0.344 e. The molecular weight excluding hydrogens is 358 g/mol. The summed E-state index contributed by atoms with van der Waals surface area (Å²) in [6.07, 6.45) is 0. The van der Waals surface area contributed by atoms with Crippen molar-refractivity contribution in [2.75, 3.05) is 0 Å². The lowest BCUT2D eigenvalue weighted by molar-refractivity contribution is 0.0953. The molecule has 4 rings (SSSR count). The minimum absolute atomic E-state index is 0.107. The Morgan fingerprint density at radius 2 is 1.89 bits per heavy atom. The number of amides is 1. The van der Waals surface area contributed by atoms with Crippen LogP contribution in [0.4, 0.5) is 0 Å². The van der Waals surface area contributed by atoms with Crippen LogP contribution in [-0.2, 0) is 6.54 Å². The van der Waals surface area contributed by atoms with E-state index in [4.69, 9.17) is 0 Å². The van der Waals surface area contributed by atoms with Gasteiger partial charge in [0.05, 0.1) is 17.1 Å². The fourth-order valence-corrected chi connectivity index (χ4v) is 3.68. The van der Waals surface area contributed by atoms with Gasteiger partial charge in [0.2, 0.25) is 0 Å². The number of hydrogen-bond donors (Lipinski definition) is 1. The van der Waals surface area contributed by atoms with Crippen molar-refractivity contribution in [2.45, 2.75) is 27.3 Å². The van der Waals surface area contributed by atoms with Gasteiger partial charge in [-0.1, -0.05) is 12.1 Å². The maximum atomic E-state index is 12.3. The normalized spacial score (nSPS) is 11.1. The first-order valence-corrected chi connectivity index (χ1v) is 9.52. The van der Waals surface area contributed by atoms with Crippen LogP contribution >= 0.6 is 11.3 Å². The first kappa shape index (κ1) is 17.4. The highest BCUT2D eigenvalue weighted by molar-refractivity contribution is 7.12. The summed E-state index contributed by atoms with van der Waals surface area (Å²) in [7, 11) is 0. The summed E-state index contributed by atoms with van der Waals surface area (Å²) in [5, 5.41) is 17.8. The van der Waals surface area contributed by atoms with Crippen LogP contribution in [0.1, 0.15) is 32.2 Å². The maximum absolute atomic E-state index is 12.3. The Hall–Kier alpha value is -3.06. The van der Waals surface area contributed by atoms with Crippen molar-refractivity contribution >= 4 is 22.9 Å². The third kappa shape index (κ3) is 3.33. The molecule has 0 unspecified atom stereocenters. The monoisotopic (exact) mass is 377 g/mol. The fourth-order valence-electron chi connectivity index (χ4n) is 2.84. The predicted molar refractivity (Wildman–Crippen MR) is 106 cm³/mol. The number of carbonyl (C=O) groups is 1. The zero-order valence-electron chi connectivity index (χ0n) is 15.4. The molecule has 3 heterocycles. The zero-order chi connectivity index (χ0) is 19.0. The lowest BCUT2D eigenvalue weighted by Gasteiger charge is -2.06. The predicted octanol–water partition coefficient (Wildman–Crippen LogP) is 3.71. The van der Waals surface area contributed by atoms with Gasteiger partial charge in [0.25, 0.3) is 5.91 Å². The molecule has 0 aliphatic rings. The second kappa shape index (κ2) is 6.92. The van der Waals surface area contributed by atoms with Gasteiger partial charge >= 0.3 is 0 Å². The van der Waals surface area contributed by atoms with E-state index >= 15 is 0 Å². The van der Waals surface area contributed by atoms with Gasteiger partial charge in [0.15, 0.2) is 11.5 Å². The Balaban J connectivity index is 1.61. The van der Waals surface area contributed by atoms with Gasteiger partial charge in [-0.15, -0.1) is 21.5 Å². The van der Waals surface area contributed by atoms with Crippen LogP contribution < -0.4 is 5.32 Å². The van der Waals surface area contributed by atoms with Crippen molar-refractivity contribution in [3.8, 4) is 11.3 Å². The van der Waals surface area contributed by atoms with E-state index in [0.29, 0.717) is 16.3 Å². The Kier molecular flexibility index (Phi) is 4.45. The molecule has 0 saturated carbocycles. The minimum atomic E-state index is -0.107. The quantitative estimate of drug-likeness (QED) is 0.588. The molecular formula is C20H19N5OS. The smallest absolute Gasteiger partial charge is 0.261 e.